The van der Waals surface area contributed by atoms with Crippen LogP contribution in [0.5, 0.6) is 0 Å². The predicted octanol–water partition coefficient (Wildman–Crippen LogP) is 3.13. The third kappa shape index (κ3) is 1.39. The summed E-state index contributed by atoms with van der Waals surface area (Å²) in [7, 11) is 0. The van der Waals surface area contributed by atoms with Gasteiger partial charge in [-0.25, -0.2) is 4.98 Å². The fraction of sp³-hybridized carbons (Fsp3) is 0.111. The van der Waals surface area contributed by atoms with Crippen molar-refractivity contribution < 1.29 is 0 Å². The first kappa shape index (κ1) is 8.49. The van der Waals surface area contributed by atoms with Crippen molar-refractivity contribution in [2.24, 2.45) is 0 Å². The molecule has 0 amide bonds. The molecular weight excluding hydrogens is 204 g/mol. The van der Waals surface area contributed by atoms with Crippen molar-refractivity contribution in [1.29, 1.82) is 5.26 Å². The maximum atomic E-state index is 8.84. The zero-order chi connectivity index (χ0) is 9.42. The summed E-state index contributed by atoms with van der Waals surface area (Å²) in [5.74, 6) is 0. The Morgan fingerprint density at radius 1 is 1.54 bits per heavy atom. The molecule has 0 fully saturated rings. The van der Waals surface area contributed by atoms with Gasteiger partial charge in [-0.05, 0) is 19.1 Å². The second kappa shape index (κ2) is 2.99. The number of hydrogen-bond donors (Lipinski definition) is 0. The highest BCUT2D eigenvalue weighted by atomic mass is 35.5. The Balaban J connectivity index is 2.90. The molecule has 1 aromatic heterocycles. The van der Waals surface area contributed by atoms with E-state index in [1.54, 1.807) is 12.1 Å². The predicted molar refractivity (Wildman–Crippen MR) is 54.1 cm³/mol. The lowest BCUT2D eigenvalue weighted by Crippen LogP contribution is -1.75. The summed E-state index contributed by atoms with van der Waals surface area (Å²) >= 11 is 7.35. The number of thiazole rings is 1. The Hall–Kier alpha value is -1.11. The summed E-state index contributed by atoms with van der Waals surface area (Å²) < 4.78 is 0.921. The van der Waals surface area contributed by atoms with Crippen molar-refractivity contribution in [1.82, 2.24) is 4.98 Å². The molecule has 4 heteroatoms. The van der Waals surface area contributed by atoms with Crippen LogP contribution in [0.4, 0.5) is 0 Å². The van der Waals surface area contributed by atoms with Gasteiger partial charge >= 0.3 is 0 Å². The molecule has 0 aliphatic rings. The first-order valence-corrected chi connectivity index (χ1v) is 4.87. The number of aryl methyl sites for hydroxylation is 1. The van der Waals surface area contributed by atoms with Gasteiger partial charge in [0.15, 0.2) is 0 Å². The summed E-state index contributed by atoms with van der Waals surface area (Å²) in [6.45, 7) is 1.92. The summed E-state index contributed by atoms with van der Waals surface area (Å²) in [5, 5.41) is 10.4. The minimum atomic E-state index is 0.564. The molecule has 0 radical (unpaired) electrons. The van der Waals surface area contributed by atoms with E-state index in [1.807, 2.05) is 6.92 Å². The van der Waals surface area contributed by atoms with E-state index in [9.17, 15) is 0 Å². The molecule has 0 aliphatic heterocycles. The molecule has 2 rings (SSSR count). The van der Waals surface area contributed by atoms with Crippen LogP contribution in [0, 0.1) is 18.3 Å². The van der Waals surface area contributed by atoms with Crippen LogP contribution in [0.15, 0.2) is 12.1 Å². The number of aromatic nitrogens is 1. The molecule has 1 aromatic carbocycles. The van der Waals surface area contributed by atoms with Crippen molar-refractivity contribution in [3.05, 3.63) is 27.7 Å². The molecular formula is C9H5ClN2S. The number of nitrogens with zero attached hydrogens (tertiary/aromatic N) is 2. The Kier molecular flexibility index (Phi) is 1.95. The molecule has 0 saturated heterocycles. The first-order chi connectivity index (χ1) is 6.20. The molecule has 0 bridgehead atoms. The van der Waals surface area contributed by atoms with Gasteiger partial charge < -0.3 is 0 Å². The summed E-state index contributed by atoms with van der Waals surface area (Å²) in [6, 6.07) is 5.56. The van der Waals surface area contributed by atoms with Crippen molar-refractivity contribution in [3.63, 3.8) is 0 Å². The van der Waals surface area contributed by atoms with Crippen LogP contribution in [0.25, 0.3) is 10.2 Å². The average molecular weight is 209 g/mol. The molecule has 0 atom stereocenters. The van der Waals surface area contributed by atoms with E-state index in [2.05, 4.69) is 11.1 Å². The Morgan fingerprint density at radius 3 is 3.00 bits per heavy atom. The topological polar surface area (TPSA) is 36.7 Å². The van der Waals surface area contributed by atoms with Gasteiger partial charge in [0.1, 0.15) is 6.07 Å². The van der Waals surface area contributed by atoms with Crippen LogP contribution < -0.4 is 0 Å². The Morgan fingerprint density at radius 2 is 2.31 bits per heavy atom. The lowest BCUT2D eigenvalue weighted by Gasteiger charge is -1.92. The van der Waals surface area contributed by atoms with Gasteiger partial charge in [0, 0.05) is 5.02 Å². The Labute approximate surface area is 84.4 Å². The largest absolute Gasteiger partial charge is 0.241 e. The second-order valence-corrected chi connectivity index (χ2v) is 4.29. The highest BCUT2D eigenvalue weighted by Crippen LogP contribution is 2.28. The lowest BCUT2D eigenvalue weighted by molar-refractivity contribution is 1.35. The fourth-order valence-corrected chi connectivity index (χ4v) is 2.27. The molecule has 2 aromatic rings. The van der Waals surface area contributed by atoms with Gasteiger partial charge in [0.05, 0.1) is 20.8 Å². The van der Waals surface area contributed by atoms with Crippen molar-refractivity contribution in [3.8, 4) is 6.07 Å². The van der Waals surface area contributed by atoms with Crippen LogP contribution in [0.1, 0.15) is 10.6 Å². The van der Waals surface area contributed by atoms with E-state index in [0.717, 1.165) is 15.2 Å². The molecule has 0 saturated carbocycles. The van der Waals surface area contributed by atoms with Crippen LogP contribution in [-0.2, 0) is 0 Å². The van der Waals surface area contributed by atoms with E-state index in [1.165, 1.54) is 11.3 Å². The zero-order valence-corrected chi connectivity index (χ0v) is 8.41. The molecule has 0 aliphatic carbocycles. The number of benzene rings is 1. The third-order valence-electron chi connectivity index (χ3n) is 1.68. The van der Waals surface area contributed by atoms with Crippen LogP contribution >= 0.6 is 22.9 Å². The molecule has 0 N–H and O–H groups in total. The molecule has 64 valence electrons. The zero-order valence-electron chi connectivity index (χ0n) is 6.84. The highest BCUT2D eigenvalue weighted by molar-refractivity contribution is 7.18. The Bertz CT molecular complexity index is 510. The van der Waals surface area contributed by atoms with Crippen molar-refractivity contribution in [2.75, 3.05) is 0 Å². The number of hydrogen-bond acceptors (Lipinski definition) is 3. The van der Waals surface area contributed by atoms with E-state index >= 15 is 0 Å². The molecule has 2 nitrogen and oxygen atoms in total. The lowest BCUT2D eigenvalue weighted by atomic mass is 10.2. The van der Waals surface area contributed by atoms with E-state index in [-0.39, 0.29) is 0 Å². The van der Waals surface area contributed by atoms with Gasteiger partial charge in [0.25, 0.3) is 0 Å². The van der Waals surface area contributed by atoms with E-state index in [4.69, 9.17) is 16.9 Å². The number of halogens is 1. The van der Waals surface area contributed by atoms with Crippen molar-refractivity contribution in [2.45, 2.75) is 6.92 Å². The minimum absolute atomic E-state index is 0.564. The maximum absolute atomic E-state index is 8.84. The monoisotopic (exact) mass is 208 g/mol. The smallest absolute Gasteiger partial charge is 0.101 e. The normalized spacial score (nSPS) is 10.2. The second-order valence-electron chi connectivity index (χ2n) is 2.65. The van der Waals surface area contributed by atoms with Gasteiger partial charge in [-0.3, -0.25) is 0 Å². The number of rotatable bonds is 0. The number of nitriles is 1. The van der Waals surface area contributed by atoms with Gasteiger partial charge in [-0.2, -0.15) is 5.26 Å². The first-order valence-electron chi connectivity index (χ1n) is 3.67. The van der Waals surface area contributed by atoms with E-state index in [0.29, 0.717) is 10.6 Å². The van der Waals surface area contributed by atoms with Crippen molar-refractivity contribution >= 4 is 33.2 Å². The molecule has 13 heavy (non-hydrogen) atoms. The minimum Gasteiger partial charge on any atom is -0.241 e. The van der Waals surface area contributed by atoms with Gasteiger partial charge in [-0.1, -0.05) is 11.6 Å². The molecule has 0 unspecified atom stereocenters. The molecule has 0 spiro atoms. The fourth-order valence-electron chi connectivity index (χ4n) is 1.19. The van der Waals surface area contributed by atoms with Crippen LogP contribution in [0.2, 0.25) is 5.02 Å². The quantitative estimate of drug-likeness (QED) is 0.667. The van der Waals surface area contributed by atoms with Gasteiger partial charge in [0.2, 0.25) is 0 Å². The molecule has 1 heterocycles. The SMILES string of the molecule is Cc1nc2cc(Cl)cc(C#N)c2s1. The summed E-state index contributed by atoms with van der Waals surface area (Å²) in [5.41, 5.74) is 1.42. The maximum Gasteiger partial charge on any atom is 0.101 e. The van der Waals surface area contributed by atoms with Crippen LogP contribution in [-0.4, -0.2) is 4.98 Å². The van der Waals surface area contributed by atoms with E-state index < -0.39 is 0 Å². The summed E-state index contributed by atoms with van der Waals surface area (Å²) in [6.07, 6.45) is 0. The van der Waals surface area contributed by atoms with Gasteiger partial charge in [-0.15, -0.1) is 11.3 Å². The van der Waals surface area contributed by atoms with Crippen LogP contribution in [0.3, 0.4) is 0 Å². The number of fused-ring (bicyclic) bond motifs is 1. The average Bonchev–Trinajstić information content (AvgIpc) is 2.43. The third-order valence-corrected chi connectivity index (χ3v) is 2.92. The summed E-state index contributed by atoms with van der Waals surface area (Å²) in [4.78, 5) is 4.27. The standard InChI is InChI=1S/C9H5ClN2S/c1-5-12-8-3-7(10)2-6(4-11)9(8)13-5/h2-3H,1H3. The highest BCUT2D eigenvalue weighted by Gasteiger charge is 2.06.